The summed E-state index contributed by atoms with van der Waals surface area (Å²) in [5.41, 5.74) is 1.35. The maximum atomic E-state index is 12.8. The minimum absolute atomic E-state index is 0.00940. The zero-order valence-corrected chi connectivity index (χ0v) is 22.0. The zero-order chi connectivity index (χ0) is 23.9. The number of ether oxygens (including phenoxy) is 2. The van der Waals surface area contributed by atoms with Gasteiger partial charge in [-0.15, -0.1) is 11.3 Å². The summed E-state index contributed by atoms with van der Waals surface area (Å²) < 4.78 is 40.0. The first-order valence-corrected chi connectivity index (χ1v) is 14.8. The van der Waals surface area contributed by atoms with E-state index >= 15 is 0 Å². The molecule has 3 aliphatic rings. The molecule has 1 saturated carbocycles. The van der Waals surface area contributed by atoms with E-state index in [4.69, 9.17) is 9.47 Å². The van der Waals surface area contributed by atoms with Crippen LogP contribution in [0.15, 0.2) is 35.2 Å². The first kappa shape index (κ1) is 24.3. The Balaban J connectivity index is 1.15. The highest BCUT2D eigenvalue weighted by Crippen LogP contribution is 2.46. The average Bonchev–Trinajstić information content (AvgIpc) is 3.24. The summed E-state index contributed by atoms with van der Waals surface area (Å²) in [6.45, 7) is 7.47. The van der Waals surface area contributed by atoms with Gasteiger partial charge in [0.1, 0.15) is 5.75 Å². The number of hydrogen-bond acceptors (Lipinski definition) is 6. The molecule has 1 saturated heterocycles. The third kappa shape index (κ3) is 4.67. The number of fused-ring (bicyclic) bond motifs is 2. The van der Waals surface area contributed by atoms with E-state index in [0.717, 1.165) is 58.2 Å². The van der Waals surface area contributed by atoms with Crippen LogP contribution in [0.5, 0.6) is 5.75 Å². The van der Waals surface area contributed by atoms with Gasteiger partial charge in [0.25, 0.3) is 0 Å². The minimum atomic E-state index is -3.53. The molecule has 2 atom stereocenters. The molecule has 0 radical (unpaired) electrons. The van der Waals surface area contributed by atoms with Crippen molar-refractivity contribution in [2.75, 3.05) is 26.8 Å². The second kappa shape index (κ2) is 9.54. The summed E-state index contributed by atoms with van der Waals surface area (Å²) in [6, 6.07) is 9.52. The van der Waals surface area contributed by atoms with Gasteiger partial charge < -0.3 is 14.4 Å². The maximum Gasteiger partial charge on any atom is 0.240 e. The van der Waals surface area contributed by atoms with Gasteiger partial charge in [0.2, 0.25) is 10.0 Å². The molecule has 1 aromatic carbocycles. The molecule has 2 aromatic rings. The second-order valence-electron chi connectivity index (χ2n) is 10.1. The van der Waals surface area contributed by atoms with Gasteiger partial charge in [0.15, 0.2) is 0 Å². The van der Waals surface area contributed by atoms with Crippen molar-refractivity contribution in [2.24, 2.45) is 5.92 Å². The number of hydrogen-bond donors (Lipinski definition) is 1. The Kier molecular flexibility index (Phi) is 6.81. The van der Waals surface area contributed by atoms with Crippen LogP contribution in [0, 0.1) is 5.92 Å². The highest BCUT2D eigenvalue weighted by atomic mass is 32.2. The normalized spacial score (nSPS) is 29.6. The molecule has 3 heterocycles. The van der Waals surface area contributed by atoms with Crippen molar-refractivity contribution in [3.05, 3.63) is 45.6 Å². The molecule has 1 N–H and O–H groups in total. The summed E-state index contributed by atoms with van der Waals surface area (Å²) >= 11 is 1.98. The van der Waals surface area contributed by atoms with E-state index in [1.54, 1.807) is 31.4 Å². The van der Waals surface area contributed by atoms with Gasteiger partial charge in [-0.25, -0.2) is 13.1 Å². The highest BCUT2D eigenvalue weighted by Gasteiger charge is 2.45. The van der Waals surface area contributed by atoms with Crippen LogP contribution >= 0.6 is 11.3 Å². The second-order valence-corrected chi connectivity index (χ2v) is 13.1. The summed E-state index contributed by atoms with van der Waals surface area (Å²) in [5, 5.41) is 0. The van der Waals surface area contributed by atoms with Crippen molar-refractivity contribution in [3.63, 3.8) is 0 Å². The van der Waals surface area contributed by atoms with Crippen molar-refractivity contribution in [1.29, 1.82) is 0 Å². The van der Waals surface area contributed by atoms with Crippen molar-refractivity contribution in [2.45, 2.75) is 75.0 Å². The quantitative estimate of drug-likeness (QED) is 0.608. The van der Waals surface area contributed by atoms with Crippen molar-refractivity contribution in [1.82, 2.24) is 9.62 Å². The van der Waals surface area contributed by atoms with Gasteiger partial charge >= 0.3 is 0 Å². The largest absolute Gasteiger partial charge is 0.497 e. The number of rotatable bonds is 7. The molecule has 1 aliphatic carbocycles. The number of aryl methyl sites for hydroxylation is 1. The fraction of sp³-hybridized carbons (Fsp3) is 0.615. The predicted molar refractivity (Wildman–Crippen MR) is 135 cm³/mol. The van der Waals surface area contributed by atoms with Gasteiger partial charge in [-0.1, -0.05) is 13.0 Å². The highest BCUT2D eigenvalue weighted by molar-refractivity contribution is 7.89. The van der Waals surface area contributed by atoms with Crippen LogP contribution in [-0.2, 0) is 33.2 Å². The summed E-state index contributed by atoms with van der Waals surface area (Å²) in [6.07, 6.45) is 6.02. The van der Waals surface area contributed by atoms with Crippen LogP contribution in [0.25, 0.3) is 0 Å². The molecule has 2 aliphatic heterocycles. The van der Waals surface area contributed by atoms with Gasteiger partial charge in [0.05, 0.1) is 24.2 Å². The Morgan fingerprint density at radius 3 is 2.85 bits per heavy atom. The summed E-state index contributed by atoms with van der Waals surface area (Å²) in [7, 11) is -1.98. The third-order valence-electron chi connectivity index (χ3n) is 7.86. The van der Waals surface area contributed by atoms with Crippen LogP contribution in [0.4, 0.5) is 0 Å². The average molecular weight is 505 g/mol. The number of nitrogens with zero attached hydrogens (tertiary/aromatic N) is 1. The van der Waals surface area contributed by atoms with Crippen molar-refractivity contribution in [3.8, 4) is 5.75 Å². The lowest BCUT2D eigenvalue weighted by molar-refractivity contribution is -0.114. The molecular weight excluding hydrogens is 468 g/mol. The molecule has 1 aromatic heterocycles. The number of piperidine rings is 1. The molecule has 0 unspecified atom stereocenters. The number of sulfonamides is 1. The number of benzene rings is 1. The van der Waals surface area contributed by atoms with Crippen molar-refractivity contribution >= 4 is 21.4 Å². The molecule has 186 valence electrons. The maximum absolute atomic E-state index is 12.8. The Morgan fingerprint density at radius 2 is 2.12 bits per heavy atom. The lowest BCUT2D eigenvalue weighted by Crippen LogP contribution is -2.54. The zero-order valence-electron chi connectivity index (χ0n) is 20.4. The van der Waals surface area contributed by atoms with E-state index in [1.807, 2.05) is 11.3 Å². The van der Waals surface area contributed by atoms with Crippen LogP contribution in [-0.4, -0.2) is 52.2 Å². The van der Waals surface area contributed by atoms with E-state index in [2.05, 4.69) is 29.5 Å². The predicted octanol–water partition coefficient (Wildman–Crippen LogP) is 4.33. The first-order valence-electron chi connectivity index (χ1n) is 12.5. The number of nitrogens with one attached hydrogen (secondary N) is 1. The van der Waals surface area contributed by atoms with Gasteiger partial charge in [0, 0.05) is 47.4 Å². The van der Waals surface area contributed by atoms with Crippen LogP contribution in [0.2, 0.25) is 0 Å². The van der Waals surface area contributed by atoms with Crippen LogP contribution in [0.3, 0.4) is 0 Å². The summed E-state index contributed by atoms with van der Waals surface area (Å²) in [4.78, 5) is 5.86. The first-order chi connectivity index (χ1) is 16.3. The van der Waals surface area contributed by atoms with E-state index in [9.17, 15) is 8.42 Å². The SMILES string of the molecule is CCc1cc2c(s1)CCO[C@@]21CCN(C[C@H]2C[C@@H](NS(=O)(=O)c3cccc(OC)c3)C2)[C@@H](C)C1. The molecule has 6 nitrogen and oxygen atoms in total. The Hall–Kier alpha value is -1.45. The molecule has 8 heteroatoms. The number of methoxy groups -OCH3 is 1. The molecule has 34 heavy (non-hydrogen) atoms. The van der Waals surface area contributed by atoms with Crippen LogP contribution in [0.1, 0.15) is 54.8 Å². The van der Waals surface area contributed by atoms with E-state index in [1.165, 1.54) is 15.3 Å². The number of thiophene rings is 1. The Labute approximate surface area is 207 Å². The van der Waals surface area contributed by atoms with Gasteiger partial charge in [-0.2, -0.15) is 0 Å². The van der Waals surface area contributed by atoms with Gasteiger partial charge in [-0.05, 0) is 68.7 Å². The monoisotopic (exact) mass is 504 g/mol. The Bertz CT molecular complexity index is 1130. The third-order valence-corrected chi connectivity index (χ3v) is 10.7. The van der Waals surface area contributed by atoms with E-state index < -0.39 is 10.0 Å². The lowest BCUT2D eigenvalue weighted by atomic mass is 9.77. The standard InChI is InChI=1S/C26H36N2O4S2/c1-4-22-15-24-25(33-22)8-11-32-26(24)9-10-28(18(2)16-26)17-19-12-20(13-19)27-34(29,30)23-7-5-6-21(14-23)31-3/h5-7,14-15,18-20,27H,4,8-13,16-17H2,1-3H3/t18-,19-,20+,26+/m0/s1. The summed E-state index contributed by atoms with van der Waals surface area (Å²) in [5.74, 6) is 1.08. The molecule has 5 rings (SSSR count). The van der Waals surface area contributed by atoms with Crippen molar-refractivity contribution < 1.29 is 17.9 Å². The molecule has 1 spiro atoms. The van der Waals surface area contributed by atoms with E-state index in [-0.39, 0.29) is 16.5 Å². The Morgan fingerprint density at radius 1 is 1.29 bits per heavy atom. The topological polar surface area (TPSA) is 67.9 Å². The fourth-order valence-corrected chi connectivity index (χ4v) is 8.39. The van der Waals surface area contributed by atoms with Gasteiger partial charge in [-0.3, -0.25) is 0 Å². The molecular formula is C26H36N2O4S2. The van der Waals surface area contributed by atoms with E-state index in [0.29, 0.717) is 17.7 Å². The smallest absolute Gasteiger partial charge is 0.240 e. The number of likely N-dealkylation sites (tertiary alicyclic amines) is 1. The molecule has 2 fully saturated rings. The minimum Gasteiger partial charge on any atom is -0.497 e. The van der Waals surface area contributed by atoms with Crippen LogP contribution < -0.4 is 9.46 Å². The fourth-order valence-electron chi connectivity index (χ4n) is 5.91. The lowest BCUT2D eigenvalue weighted by Gasteiger charge is -2.49. The molecule has 0 amide bonds. The molecule has 0 bridgehead atoms.